The number of carbonyl (C=O) groups is 2. The van der Waals surface area contributed by atoms with Gasteiger partial charge < -0.3 is 5.32 Å². The molecule has 3 rings (SSSR count). The predicted molar refractivity (Wildman–Crippen MR) is 90.1 cm³/mol. The smallest absolute Gasteiger partial charge is 0.256 e. The first kappa shape index (κ1) is 15.1. The minimum absolute atomic E-state index is 0.128. The first-order valence-electron chi connectivity index (χ1n) is 6.69. The summed E-state index contributed by atoms with van der Waals surface area (Å²) in [6, 6.07) is 13.6. The Morgan fingerprint density at radius 3 is 2.45 bits per heavy atom. The predicted octanol–water partition coefficient (Wildman–Crippen LogP) is 3.85. The van der Waals surface area contributed by atoms with Crippen LogP contribution in [0, 0.1) is 0 Å². The van der Waals surface area contributed by atoms with E-state index in [4.69, 9.17) is 11.6 Å². The van der Waals surface area contributed by atoms with E-state index in [1.54, 1.807) is 42.5 Å². The van der Waals surface area contributed by atoms with Crippen molar-refractivity contribution in [2.24, 2.45) is 0 Å². The van der Waals surface area contributed by atoms with Crippen LogP contribution in [0.4, 0.5) is 11.4 Å². The van der Waals surface area contributed by atoms with Gasteiger partial charge in [0, 0.05) is 15.2 Å². The van der Waals surface area contributed by atoms with E-state index in [0.717, 1.165) is 5.69 Å². The molecule has 4 nitrogen and oxygen atoms in total. The van der Waals surface area contributed by atoms with Gasteiger partial charge in [-0.05, 0) is 52.3 Å². The Morgan fingerprint density at radius 2 is 1.77 bits per heavy atom. The van der Waals surface area contributed by atoms with Gasteiger partial charge in [0.05, 0.1) is 12.1 Å². The van der Waals surface area contributed by atoms with Crippen LogP contribution in [-0.4, -0.2) is 17.9 Å². The number of para-hydroxylation sites is 1. The van der Waals surface area contributed by atoms with Crippen molar-refractivity contribution < 1.29 is 9.59 Å². The number of benzene rings is 2. The average Bonchev–Trinajstić information content (AvgIpc) is 2.77. The second-order valence-corrected chi connectivity index (χ2v) is 6.22. The molecule has 2 aromatic carbocycles. The van der Waals surface area contributed by atoms with E-state index in [9.17, 15) is 9.59 Å². The topological polar surface area (TPSA) is 49.4 Å². The number of amides is 2. The van der Waals surface area contributed by atoms with Crippen LogP contribution in [0.1, 0.15) is 6.42 Å². The number of anilines is 2. The fourth-order valence-corrected chi connectivity index (χ4v) is 2.97. The summed E-state index contributed by atoms with van der Waals surface area (Å²) in [6.07, 6.45) is 0.128. The highest BCUT2D eigenvalue weighted by molar-refractivity contribution is 9.10. The summed E-state index contributed by atoms with van der Waals surface area (Å²) >= 11 is 9.21. The fraction of sp³-hybridized carbons (Fsp3) is 0.125. The van der Waals surface area contributed by atoms with Crippen molar-refractivity contribution in [3.63, 3.8) is 0 Å². The Labute approximate surface area is 141 Å². The summed E-state index contributed by atoms with van der Waals surface area (Å²) in [5.41, 5.74) is 1.32. The molecule has 1 fully saturated rings. The molecule has 0 spiro atoms. The molecule has 1 unspecified atom stereocenters. The summed E-state index contributed by atoms with van der Waals surface area (Å²) in [5, 5.41) is 3.70. The lowest BCUT2D eigenvalue weighted by molar-refractivity contribution is -0.121. The largest absolute Gasteiger partial charge is 0.373 e. The molecule has 1 saturated heterocycles. The van der Waals surface area contributed by atoms with Gasteiger partial charge >= 0.3 is 0 Å². The van der Waals surface area contributed by atoms with Crippen molar-refractivity contribution in [1.82, 2.24) is 0 Å². The number of carbonyl (C=O) groups excluding carboxylic acids is 2. The van der Waals surface area contributed by atoms with Crippen LogP contribution in [0.15, 0.2) is 53.0 Å². The first-order chi connectivity index (χ1) is 10.6. The molecule has 0 radical (unpaired) electrons. The summed E-state index contributed by atoms with van der Waals surface area (Å²) < 4.78 is 0.712. The first-order valence-corrected chi connectivity index (χ1v) is 7.87. The monoisotopic (exact) mass is 378 g/mol. The van der Waals surface area contributed by atoms with Crippen molar-refractivity contribution in [1.29, 1.82) is 0 Å². The Bertz CT molecular complexity index is 733. The van der Waals surface area contributed by atoms with E-state index < -0.39 is 6.04 Å². The zero-order chi connectivity index (χ0) is 15.7. The Kier molecular flexibility index (Phi) is 4.18. The molecule has 1 aliphatic heterocycles. The quantitative estimate of drug-likeness (QED) is 0.824. The van der Waals surface area contributed by atoms with Gasteiger partial charge in [0.15, 0.2) is 0 Å². The van der Waals surface area contributed by atoms with Crippen molar-refractivity contribution in [3.8, 4) is 0 Å². The number of imide groups is 1. The van der Waals surface area contributed by atoms with Gasteiger partial charge in [-0.15, -0.1) is 0 Å². The molecule has 112 valence electrons. The molecule has 0 saturated carbocycles. The molecule has 0 aliphatic carbocycles. The second kappa shape index (κ2) is 6.10. The molecular formula is C16H12BrClN2O2. The van der Waals surface area contributed by atoms with Gasteiger partial charge in [-0.25, -0.2) is 4.90 Å². The van der Waals surface area contributed by atoms with Gasteiger partial charge in [0.1, 0.15) is 6.04 Å². The van der Waals surface area contributed by atoms with E-state index in [0.29, 0.717) is 15.2 Å². The van der Waals surface area contributed by atoms with Crippen LogP contribution < -0.4 is 10.2 Å². The van der Waals surface area contributed by atoms with E-state index >= 15 is 0 Å². The molecule has 1 atom stereocenters. The maximum Gasteiger partial charge on any atom is 0.256 e. The average molecular weight is 380 g/mol. The van der Waals surface area contributed by atoms with E-state index in [1.807, 2.05) is 6.07 Å². The second-order valence-electron chi connectivity index (χ2n) is 4.93. The highest BCUT2D eigenvalue weighted by Gasteiger charge is 2.40. The molecule has 1 N–H and O–H groups in total. The van der Waals surface area contributed by atoms with Crippen LogP contribution in [0.25, 0.3) is 0 Å². The number of hydrogen-bond donors (Lipinski definition) is 1. The Morgan fingerprint density at radius 1 is 1.09 bits per heavy atom. The van der Waals surface area contributed by atoms with Gasteiger partial charge in [-0.2, -0.15) is 0 Å². The zero-order valence-electron chi connectivity index (χ0n) is 11.4. The third-order valence-electron chi connectivity index (χ3n) is 3.43. The van der Waals surface area contributed by atoms with Gasteiger partial charge in [-0.1, -0.05) is 23.7 Å². The molecular weight excluding hydrogens is 368 g/mol. The number of nitrogens with one attached hydrogen (secondary N) is 1. The van der Waals surface area contributed by atoms with Crippen molar-refractivity contribution >= 4 is 50.7 Å². The minimum atomic E-state index is -0.569. The van der Waals surface area contributed by atoms with Crippen molar-refractivity contribution in [2.75, 3.05) is 10.2 Å². The summed E-state index contributed by atoms with van der Waals surface area (Å²) in [6.45, 7) is 0. The van der Waals surface area contributed by atoms with Crippen LogP contribution >= 0.6 is 27.5 Å². The highest BCUT2D eigenvalue weighted by atomic mass is 79.9. The lowest BCUT2D eigenvalue weighted by Crippen LogP contribution is -2.35. The number of halogens is 2. The molecule has 0 bridgehead atoms. The zero-order valence-corrected chi connectivity index (χ0v) is 13.8. The number of rotatable bonds is 3. The van der Waals surface area contributed by atoms with Crippen LogP contribution in [0.5, 0.6) is 0 Å². The molecule has 0 aromatic heterocycles. The third-order valence-corrected chi connectivity index (χ3v) is 4.35. The normalized spacial score (nSPS) is 17.9. The van der Waals surface area contributed by atoms with Crippen molar-refractivity contribution in [3.05, 3.63) is 58.0 Å². The highest BCUT2D eigenvalue weighted by Crippen LogP contribution is 2.31. The lowest BCUT2D eigenvalue weighted by atomic mass is 10.2. The SMILES string of the molecule is O=C1CC(Nc2ccc(Cl)cc2)C(=O)N1c1ccccc1Br. The molecule has 2 aromatic rings. The van der Waals surface area contributed by atoms with Crippen LogP contribution in [0.2, 0.25) is 5.02 Å². The molecule has 2 amide bonds. The van der Waals surface area contributed by atoms with E-state index in [2.05, 4.69) is 21.2 Å². The maximum atomic E-state index is 12.5. The Hall–Kier alpha value is -1.85. The minimum Gasteiger partial charge on any atom is -0.373 e. The molecule has 1 aliphatic rings. The number of hydrogen-bond acceptors (Lipinski definition) is 3. The Balaban J connectivity index is 1.82. The third kappa shape index (κ3) is 2.87. The number of nitrogens with zero attached hydrogens (tertiary/aromatic N) is 1. The molecule has 1 heterocycles. The standard InChI is InChI=1S/C16H12BrClN2O2/c17-12-3-1-2-4-14(12)20-15(21)9-13(16(20)22)19-11-7-5-10(18)6-8-11/h1-8,13,19H,9H2. The van der Waals surface area contributed by atoms with Gasteiger partial charge in [-0.3, -0.25) is 9.59 Å². The summed E-state index contributed by atoms with van der Waals surface area (Å²) in [7, 11) is 0. The maximum absolute atomic E-state index is 12.5. The summed E-state index contributed by atoms with van der Waals surface area (Å²) in [5.74, 6) is -0.477. The molecule has 6 heteroatoms. The fourth-order valence-electron chi connectivity index (χ4n) is 2.38. The van der Waals surface area contributed by atoms with Crippen molar-refractivity contribution in [2.45, 2.75) is 12.5 Å². The molecule has 22 heavy (non-hydrogen) atoms. The summed E-state index contributed by atoms with van der Waals surface area (Å²) in [4.78, 5) is 26.0. The lowest BCUT2D eigenvalue weighted by Gasteiger charge is -2.17. The van der Waals surface area contributed by atoms with Crippen LogP contribution in [-0.2, 0) is 9.59 Å². The van der Waals surface area contributed by atoms with E-state index in [-0.39, 0.29) is 18.2 Å². The van der Waals surface area contributed by atoms with Gasteiger partial charge in [0.25, 0.3) is 5.91 Å². The van der Waals surface area contributed by atoms with E-state index in [1.165, 1.54) is 4.90 Å². The van der Waals surface area contributed by atoms with Gasteiger partial charge in [0.2, 0.25) is 5.91 Å². The van der Waals surface area contributed by atoms with Crippen LogP contribution in [0.3, 0.4) is 0 Å².